The summed E-state index contributed by atoms with van der Waals surface area (Å²) in [6.45, 7) is 0. The molecule has 0 spiro atoms. The van der Waals surface area contributed by atoms with E-state index in [1.54, 1.807) is 0 Å². The molecule has 0 aliphatic heterocycles. The predicted octanol–water partition coefficient (Wildman–Crippen LogP) is 4.10. The van der Waals surface area contributed by atoms with E-state index in [4.69, 9.17) is 28.9 Å². The van der Waals surface area contributed by atoms with Crippen LogP contribution in [0.25, 0.3) is 0 Å². The van der Waals surface area contributed by atoms with E-state index in [9.17, 15) is 13.2 Å². The van der Waals surface area contributed by atoms with Crippen molar-refractivity contribution in [2.75, 3.05) is 5.73 Å². The SMILES string of the molecule is Cl.Nc1c(Cl)ccc(C(F)(F)F)c1CCl. The summed E-state index contributed by atoms with van der Waals surface area (Å²) in [5.74, 6) is -0.318. The van der Waals surface area contributed by atoms with Gasteiger partial charge in [0.25, 0.3) is 0 Å². The number of alkyl halides is 4. The van der Waals surface area contributed by atoms with Gasteiger partial charge in [-0.25, -0.2) is 0 Å². The first kappa shape index (κ1) is 14.7. The number of nitrogens with two attached hydrogens (primary N) is 1. The van der Waals surface area contributed by atoms with Crippen LogP contribution in [0.1, 0.15) is 11.1 Å². The van der Waals surface area contributed by atoms with Crippen LogP contribution in [0, 0.1) is 0 Å². The van der Waals surface area contributed by atoms with Crippen LogP contribution in [0.4, 0.5) is 18.9 Å². The number of hydrogen-bond acceptors (Lipinski definition) is 1. The molecular weight excluding hydrogens is 273 g/mol. The maximum atomic E-state index is 12.4. The van der Waals surface area contributed by atoms with Crippen LogP contribution < -0.4 is 5.73 Å². The molecule has 0 amide bonds. The molecule has 0 unspecified atom stereocenters. The normalized spacial score (nSPS) is 11.0. The standard InChI is InChI=1S/C8H6Cl2F3N.ClH/c9-3-4-5(8(11,12)13)1-2-6(10)7(4)14;/h1-2H,3,14H2;1H. The zero-order valence-corrected chi connectivity index (χ0v) is 9.57. The highest BCUT2D eigenvalue weighted by atomic mass is 35.5. The van der Waals surface area contributed by atoms with Gasteiger partial charge in [0.2, 0.25) is 0 Å². The van der Waals surface area contributed by atoms with Gasteiger partial charge in [0.1, 0.15) is 0 Å². The second kappa shape index (κ2) is 5.14. The van der Waals surface area contributed by atoms with Crippen molar-refractivity contribution in [2.45, 2.75) is 12.1 Å². The van der Waals surface area contributed by atoms with Crippen LogP contribution in [-0.4, -0.2) is 0 Å². The molecule has 1 nitrogen and oxygen atoms in total. The average molecular weight is 281 g/mol. The molecule has 0 saturated heterocycles. The van der Waals surface area contributed by atoms with Gasteiger partial charge < -0.3 is 5.73 Å². The summed E-state index contributed by atoms with van der Waals surface area (Å²) in [7, 11) is 0. The summed E-state index contributed by atoms with van der Waals surface area (Å²) in [4.78, 5) is 0. The fourth-order valence-electron chi connectivity index (χ4n) is 1.05. The number of anilines is 1. The van der Waals surface area contributed by atoms with Crippen molar-refractivity contribution < 1.29 is 13.2 Å². The van der Waals surface area contributed by atoms with Crippen LogP contribution in [0.3, 0.4) is 0 Å². The fraction of sp³-hybridized carbons (Fsp3) is 0.250. The number of benzene rings is 1. The van der Waals surface area contributed by atoms with E-state index < -0.39 is 11.7 Å². The van der Waals surface area contributed by atoms with Gasteiger partial charge in [-0.15, -0.1) is 24.0 Å². The second-order valence-corrected chi connectivity index (χ2v) is 3.29. The van der Waals surface area contributed by atoms with Gasteiger partial charge in [-0.3, -0.25) is 0 Å². The monoisotopic (exact) mass is 279 g/mol. The quantitative estimate of drug-likeness (QED) is 0.608. The highest BCUT2D eigenvalue weighted by molar-refractivity contribution is 6.33. The van der Waals surface area contributed by atoms with Gasteiger partial charge in [0.05, 0.1) is 22.2 Å². The van der Waals surface area contributed by atoms with Crippen LogP contribution in [0.2, 0.25) is 5.02 Å². The first-order valence-electron chi connectivity index (χ1n) is 3.58. The Kier molecular flexibility index (Phi) is 5.03. The number of halogens is 6. The van der Waals surface area contributed by atoms with Crippen LogP contribution in [-0.2, 0) is 12.1 Å². The van der Waals surface area contributed by atoms with Crippen molar-refractivity contribution in [1.29, 1.82) is 0 Å². The van der Waals surface area contributed by atoms with Crippen LogP contribution in [0.15, 0.2) is 12.1 Å². The van der Waals surface area contributed by atoms with E-state index in [0.717, 1.165) is 12.1 Å². The van der Waals surface area contributed by atoms with Crippen molar-refractivity contribution >= 4 is 41.3 Å². The van der Waals surface area contributed by atoms with E-state index in [2.05, 4.69) is 0 Å². The summed E-state index contributed by atoms with van der Waals surface area (Å²) in [6, 6.07) is 1.98. The van der Waals surface area contributed by atoms with Crippen molar-refractivity contribution in [3.05, 3.63) is 28.3 Å². The van der Waals surface area contributed by atoms with E-state index in [1.807, 2.05) is 0 Å². The fourth-order valence-corrected chi connectivity index (χ4v) is 1.51. The molecule has 1 aromatic rings. The van der Waals surface area contributed by atoms with Crippen molar-refractivity contribution in [1.82, 2.24) is 0 Å². The van der Waals surface area contributed by atoms with Crippen molar-refractivity contribution in [3.8, 4) is 0 Å². The summed E-state index contributed by atoms with van der Waals surface area (Å²) in [6.07, 6.45) is -4.46. The Labute approximate surface area is 101 Å². The third kappa shape index (κ3) is 3.06. The Hall–Kier alpha value is -0.320. The Morgan fingerprint density at radius 3 is 2.20 bits per heavy atom. The van der Waals surface area contributed by atoms with Gasteiger partial charge in [0.15, 0.2) is 0 Å². The Balaban J connectivity index is 0.00000196. The summed E-state index contributed by atoms with van der Waals surface area (Å²) in [5.41, 5.74) is 4.25. The van der Waals surface area contributed by atoms with Gasteiger partial charge in [-0.1, -0.05) is 11.6 Å². The molecule has 0 aliphatic rings. The molecule has 15 heavy (non-hydrogen) atoms. The van der Waals surface area contributed by atoms with E-state index in [-0.39, 0.29) is 34.6 Å². The molecule has 1 aromatic carbocycles. The second-order valence-electron chi connectivity index (χ2n) is 2.62. The van der Waals surface area contributed by atoms with Crippen LogP contribution >= 0.6 is 35.6 Å². The van der Waals surface area contributed by atoms with Gasteiger partial charge in [-0.05, 0) is 12.1 Å². The lowest BCUT2D eigenvalue weighted by Gasteiger charge is -2.13. The molecular formula is C8H7Cl3F3N. The average Bonchev–Trinajstić information content (AvgIpc) is 2.07. The molecule has 0 aromatic heterocycles. The molecule has 2 N–H and O–H groups in total. The Bertz CT molecular complexity index is 352. The first-order chi connectivity index (χ1) is 6.38. The summed E-state index contributed by atoms with van der Waals surface area (Å²) in [5, 5.41) is 0.0775. The molecule has 0 heterocycles. The number of rotatable bonds is 1. The third-order valence-electron chi connectivity index (χ3n) is 1.74. The third-order valence-corrected chi connectivity index (χ3v) is 2.34. The minimum atomic E-state index is -4.46. The molecule has 86 valence electrons. The Morgan fingerprint density at radius 1 is 1.27 bits per heavy atom. The maximum Gasteiger partial charge on any atom is 0.416 e. The largest absolute Gasteiger partial charge is 0.416 e. The molecule has 0 atom stereocenters. The highest BCUT2D eigenvalue weighted by Gasteiger charge is 2.34. The topological polar surface area (TPSA) is 26.0 Å². The van der Waals surface area contributed by atoms with Crippen LogP contribution in [0.5, 0.6) is 0 Å². The van der Waals surface area contributed by atoms with Crippen molar-refractivity contribution in [2.24, 2.45) is 0 Å². The van der Waals surface area contributed by atoms with Gasteiger partial charge in [-0.2, -0.15) is 13.2 Å². The predicted molar refractivity (Wildman–Crippen MR) is 57.7 cm³/mol. The van der Waals surface area contributed by atoms with Gasteiger partial charge in [0, 0.05) is 5.56 Å². The molecule has 0 bridgehead atoms. The number of nitrogen functional groups attached to an aromatic ring is 1. The molecule has 1 rings (SSSR count). The summed E-state index contributed by atoms with van der Waals surface area (Å²) >= 11 is 10.9. The molecule has 7 heteroatoms. The lowest BCUT2D eigenvalue weighted by Crippen LogP contribution is -2.10. The molecule has 0 radical (unpaired) electrons. The Morgan fingerprint density at radius 2 is 1.80 bits per heavy atom. The molecule has 0 saturated carbocycles. The smallest absolute Gasteiger partial charge is 0.397 e. The minimum Gasteiger partial charge on any atom is -0.397 e. The van der Waals surface area contributed by atoms with E-state index in [0.29, 0.717) is 0 Å². The maximum absolute atomic E-state index is 12.4. The highest BCUT2D eigenvalue weighted by Crippen LogP contribution is 2.37. The lowest BCUT2D eigenvalue weighted by atomic mass is 10.1. The molecule has 0 fully saturated rings. The zero-order chi connectivity index (χ0) is 10.9. The summed E-state index contributed by atoms with van der Waals surface area (Å²) < 4.78 is 37.2. The number of hydrogen-bond donors (Lipinski definition) is 1. The van der Waals surface area contributed by atoms with E-state index in [1.165, 1.54) is 0 Å². The first-order valence-corrected chi connectivity index (χ1v) is 4.49. The minimum absolute atomic E-state index is 0. The molecule has 0 aliphatic carbocycles. The van der Waals surface area contributed by atoms with E-state index >= 15 is 0 Å². The zero-order valence-electron chi connectivity index (χ0n) is 7.24. The lowest BCUT2D eigenvalue weighted by molar-refractivity contribution is -0.138. The van der Waals surface area contributed by atoms with Gasteiger partial charge >= 0.3 is 6.18 Å². The van der Waals surface area contributed by atoms with Crippen molar-refractivity contribution in [3.63, 3.8) is 0 Å².